The second kappa shape index (κ2) is 6.82. The van der Waals surface area contributed by atoms with E-state index in [9.17, 15) is 9.18 Å². The molecule has 0 radical (unpaired) electrons. The first-order valence-electron chi connectivity index (χ1n) is 6.36. The molecule has 0 spiro atoms. The van der Waals surface area contributed by atoms with E-state index in [4.69, 9.17) is 10.5 Å². The predicted octanol–water partition coefficient (Wildman–Crippen LogP) is 1.92. The lowest BCUT2D eigenvalue weighted by atomic mass is 10.2. The van der Waals surface area contributed by atoms with E-state index in [2.05, 4.69) is 21.0 Å². The van der Waals surface area contributed by atoms with Gasteiger partial charge in [0.25, 0.3) is 5.56 Å². The molecule has 0 saturated carbocycles. The maximum absolute atomic E-state index is 13.4. The van der Waals surface area contributed by atoms with Gasteiger partial charge in [0.15, 0.2) is 0 Å². The molecule has 1 aromatic heterocycles. The molecule has 7 heteroatoms. The third-order valence-electron chi connectivity index (χ3n) is 2.71. The molecule has 0 aliphatic carbocycles. The van der Waals surface area contributed by atoms with Crippen LogP contribution in [0.3, 0.4) is 0 Å². The zero-order chi connectivity index (χ0) is 15.4. The Morgan fingerprint density at radius 1 is 1.52 bits per heavy atom. The minimum atomic E-state index is -0.377. The van der Waals surface area contributed by atoms with E-state index < -0.39 is 0 Å². The topological polar surface area (TPSA) is 70.1 Å². The molecular weight excluding hydrogens is 341 g/mol. The molecule has 21 heavy (non-hydrogen) atoms. The van der Waals surface area contributed by atoms with Crippen LogP contribution in [-0.2, 0) is 6.54 Å². The predicted molar refractivity (Wildman–Crippen MR) is 80.8 cm³/mol. The Hall–Kier alpha value is -1.73. The van der Waals surface area contributed by atoms with Crippen LogP contribution in [0, 0.1) is 5.82 Å². The van der Waals surface area contributed by atoms with Crippen molar-refractivity contribution < 1.29 is 9.13 Å². The maximum atomic E-state index is 13.4. The van der Waals surface area contributed by atoms with E-state index in [1.807, 2.05) is 0 Å². The zero-order valence-electron chi connectivity index (χ0n) is 11.4. The van der Waals surface area contributed by atoms with Crippen LogP contribution in [0.25, 0.3) is 0 Å². The van der Waals surface area contributed by atoms with Crippen LogP contribution >= 0.6 is 15.9 Å². The molecule has 2 N–H and O–H groups in total. The number of ether oxygens (including phenoxy) is 1. The number of benzene rings is 1. The molecule has 1 atom stereocenters. The van der Waals surface area contributed by atoms with Crippen molar-refractivity contribution in [2.45, 2.75) is 19.5 Å². The summed E-state index contributed by atoms with van der Waals surface area (Å²) in [6.07, 6.45) is 1.44. The molecule has 1 aromatic carbocycles. The molecule has 0 bridgehead atoms. The monoisotopic (exact) mass is 355 g/mol. The molecule has 0 fully saturated rings. The molecule has 0 amide bonds. The summed E-state index contributed by atoms with van der Waals surface area (Å²) >= 11 is 3.16. The van der Waals surface area contributed by atoms with E-state index in [1.165, 1.54) is 23.0 Å². The highest BCUT2D eigenvalue weighted by atomic mass is 79.9. The number of halogens is 2. The minimum absolute atomic E-state index is 0.129. The Labute approximate surface area is 129 Å². The molecular formula is C14H15BrFN3O2. The van der Waals surface area contributed by atoms with Crippen molar-refractivity contribution >= 4 is 15.9 Å². The lowest BCUT2D eigenvalue weighted by Gasteiger charge is -2.10. The average Bonchev–Trinajstić information content (AvgIpc) is 2.44. The summed E-state index contributed by atoms with van der Waals surface area (Å²) in [5.74, 6) is -0.00991. The van der Waals surface area contributed by atoms with Crippen LogP contribution in [0.15, 0.2) is 39.7 Å². The maximum Gasteiger partial charge on any atom is 0.270 e. The quantitative estimate of drug-likeness (QED) is 0.889. The van der Waals surface area contributed by atoms with Gasteiger partial charge in [-0.1, -0.05) is 12.1 Å². The highest BCUT2D eigenvalue weighted by Crippen LogP contribution is 2.20. The first-order valence-corrected chi connectivity index (χ1v) is 7.15. The van der Waals surface area contributed by atoms with Gasteiger partial charge in [-0.3, -0.25) is 4.79 Å². The van der Waals surface area contributed by atoms with E-state index in [0.29, 0.717) is 22.4 Å². The van der Waals surface area contributed by atoms with Gasteiger partial charge in [-0.2, -0.15) is 5.10 Å². The van der Waals surface area contributed by atoms with Gasteiger partial charge in [0.1, 0.15) is 18.2 Å². The van der Waals surface area contributed by atoms with Gasteiger partial charge in [0.05, 0.1) is 17.2 Å². The fraction of sp³-hybridized carbons (Fsp3) is 0.286. The fourth-order valence-corrected chi connectivity index (χ4v) is 2.06. The number of nitrogens with zero attached hydrogens (tertiary/aromatic N) is 2. The summed E-state index contributed by atoms with van der Waals surface area (Å²) in [6.45, 7) is 2.28. The number of aromatic nitrogens is 2. The first-order chi connectivity index (χ1) is 9.97. The first kappa shape index (κ1) is 15.7. The number of hydrogen-bond donors (Lipinski definition) is 1. The van der Waals surface area contributed by atoms with E-state index in [-0.39, 0.29) is 24.0 Å². The molecule has 112 valence electrons. The summed E-state index contributed by atoms with van der Waals surface area (Å²) in [6, 6.07) is 5.86. The van der Waals surface area contributed by atoms with Crippen molar-refractivity contribution in [3.63, 3.8) is 0 Å². The zero-order valence-corrected chi connectivity index (χ0v) is 13.0. The van der Waals surface area contributed by atoms with Gasteiger partial charge in [-0.15, -0.1) is 0 Å². The lowest BCUT2D eigenvalue weighted by molar-refractivity contribution is 0.293. The standard InChI is InChI=1S/C14H15BrFN3O2/c1-9(17)8-21-11-5-13(20)19(18-6-11)7-10-3-2-4-12(16)14(10)15/h2-6,9H,7-8,17H2,1H3. The lowest BCUT2D eigenvalue weighted by Crippen LogP contribution is -2.26. The van der Waals surface area contributed by atoms with E-state index in [1.54, 1.807) is 19.1 Å². The van der Waals surface area contributed by atoms with Crippen molar-refractivity contribution in [2.75, 3.05) is 6.61 Å². The third-order valence-corrected chi connectivity index (χ3v) is 3.60. The molecule has 2 aromatic rings. The van der Waals surface area contributed by atoms with Crippen molar-refractivity contribution in [3.8, 4) is 5.75 Å². The second-order valence-corrected chi connectivity index (χ2v) is 5.48. The molecule has 1 unspecified atom stereocenters. The fourth-order valence-electron chi connectivity index (χ4n) is 1.67. The average molecular weight is 356 g/mol. The highest BCUT2D eigenvalue weighted by Gasteiger charge is 2.08. The summed E-state index contributed by atoms with van der Waals surface area (Å²) in [5, 5.41) is 4.02. The third kappa shape index (κ3) is 4.12. The molecule has 2 rings (SSSR count). The van der Waals surface area contributed by atoms with Crippen LogP contribution in [-0.4, -0.2) is 22.4 Å². The highest BCUT2D eigenvalue weighted by molar-refractivity contribution is 9.10. The van der Waals surface area contributed by atoms with E-state index >= 15 is 0 Å². The van der Waals surface area contributed by atoms with Crippen LogP contribution in [0.2, 0.25) is 0 Å². The Morgan fingerprint density at radius 3 is 2.95 bits per heavy atom. The van der Waals surface area contributed by atoms with Gasteiger partial charge in [0.2, 0.25) is 0 Å². The molecule has 0 saturated heterocycles. The number of rotatable bonds is 5. The SMILES string of the molecule is CC(N)COc1cnn(Cc2cccc(F)c2Br)c(=O)c1. The van der Waals surface area contributed by atoms with Crippen LogP contribution in [0.5, 0.6) is 5.75 Å². The van der Waals surface area contributed by atoms with Gasteiger partial charge >= 0.3 is 0 Å². The van der Waals surface area contributed by atoms with Crippen molar-refractivity contribution in [1.82, 2.24) is 9.78 Å². The molecule has 5 nitrogen and oxygen atoms in total. The van der Waals surface area contributed by atoms with Gasteiger partial charge < -0.3 is 10.5 Å². The van der Waals surface area contributed by atoms with Crippen molar-refractivity contribution in [2.24, 2.45) is 5.73 Å². The Balaban J connectivity index is 2.18. The van der Waals surface area contributed by atoms with Crippen molar-refractivity contribution in [1.29, 1.82) is 0 Å². The molecule has 1 heterocycles. The summed E-state index contributed by atoms with van der Waals surface area (Å²) < 4.78 is 20.3. The van der Waals surface area contributed by atoms with Crippen LogP contribution in [0.1, 0.15) is 12.5 Å². The molecule has 0 aliphatic heterocycles. The van der Waals surface area contributed by atoms with Gasteiger partial charge in [-0.05, 0) is 34.5 Å². The summed E-state index contributed by atoms with van der Waals surface area (Å²) in [7, 11) is 0. The number of nitrogens with two attached hydrogens (primary N) is 1. The van der Waals surface area contributed by atoms with Crippen molar-refractivity contribution in [3.05, 3.63) is 56.7 Å². The van der Waals surface area contributed by atoms with Gasteiger partial charge in [0, 0.05) is 12.1 Å². The molecule has 0 aliphatic rings. The minimum Gasteiger partial charge on any atom is -0.490 e. The van der Waals surface area contributed by atoms with Crippen LogP contribution in [0.4, 0.5) is 4.39 Å². The Morgan fingerprint density at radius 2 is 2.29 bits per heavy atom. The number of hydrogen-bond acceptors (Lipinski definition) is 4. The summed E-state index contributed by atoms with van der Waals surface area (Å²) in [5.41, 5.74) is 5.88. The largest absolute Gasteiger partial charge is 0.490 e. The van der Waals surface area contributed by atoms with E-state index in [0.717, 1.165) is 0 Å². The summed E-state index contributed by atoms with van der Waals surface area (Å²) in [4.78, 5) is 12.0. The Kier molecular flexibility index (Phi) is 5.08. The van der Waals surface area contributed by atoms with Gasteiger partial charge in [-0.25, -0.2) is 9.07 Å². The van der Waals surface area contributed by atoms with Crippen LogP contribution < -0.4 is 16.0 Å². The smallest absolute Gasteiger partial charge is 0.270 e. The second-order valence-electron chi connectivity index (χ2n) is 4.69. The normalized spacial score (nSPS) is 12.2. The Bertz CT molecular complexity index is 688.